The molecular formula is C6H6FNO. The van der Waals surface area contributed by atoms with E-state index in [0.717, 1.165) is 0 Å². The second kappa shape index (κ2) is 2.09. The van der Waals surface area contributed by atoms with Gasteiger partial charge in [0.2, 0.25) is 0 Å². The van der Waals surface area contributed by atoms with Gasteiger partial charge in [-0.25, -0.2) is 9.38 Å². The van der Waals surface area contributed by atoms with Gasteiger partial charge >= 0.3 is 5.91 Å². The highest BCUT2D eigenvalue weighted by Crippen LogP contribution is 2.14. The third-order valence-electron chi connectivity index (χ3n) is 1.19. The van der Waals surface area contributed by atoms with Crippen LogP contribution in [-0.4, -0.2) is 12.1 Å². The standard InChI is InChI=1S/C6H6FNO/c1-2-4-3-8-6(9)5(4)7/h3H,2H2,1H3. The average Bonchev–Trinajstić information content (AvgIpc) is 2.15. The molecule has 3 heteroatoms. The maximum atomic E-state index is 12.4. The number of carbonyl (C=O) groups is 1. The van der Waals surface area contributed by atoms with E-state index in [1.54, 1.807) is 6.92 Å². The lowest BCUT2D eigenvalue weighted by molar-refractivity contribution is -0.115. The minimum absolute atomic E-state index is 0.403. The van der Waals surface area contributed by atoms with Crippen molar-refractivity contribution in [3.63, 3.8) is 0 Å². The number of rotatable bonds is 1. The number of allylic oxidation sites excluding steroid dienone is 1. The van der Waals surface area contributed by atoms with Crippen molar-refractivity contribution in [3.05, 3.63) is 11.4 Å². The first-order valence-electron chi connectivity index (χ1n) is 2.72. The van der Waals surface area contributed by atoms with Crippen LogP contribution in [0.4, 0.5) is 4.39 Å². The van der Waals surface area contributed by atoms with Crippen molar-refractivity contribution in [1.82, 2.24) is 0 Å². The molecule has 0 radical (unpaired) electrons. The zero-order valence-corrected chi connectivity index (χ0v) is 5.02. The molecule has 48 valence electrons. The Labute approximate surface area is 52.1 Å². The summed E-state index contributed by atoms with van der Waals surface area (Å²) < 4.78 is 12.4. The first-order chi connectivity index (χ1) is 4.25. The fourth-order valence-corrected chi connectivity index (χ4v) is 0.634. The molecule has 2 nitrogen and oxygen atoms in total. The van der Waals surface area contributed by atoms with Gasteiger partial charge in [0.15, 0.2) is 5.83 Å². The van der Waals surface area contributed by atoms with E-state index in [1.165, 1.54) is 6.21 Å². The Morgan fingerprint density at radius 3 is 2.67 bits per heavy atom. The first-order valence-corrected chi connectivity index (χ1v) is 2.72. The normalized spacial score (nSPS) is 17.8. The van der Waals surface area contributed by atoms with E-state index in [4.69, 9.17) is 0 Å². The quantitative estimate of drug-likeness (QED) is 0.521. The molecule has 0 atom stereocenters. The number of aliphatic imine (C=N–C) groups is 1. The summed E-state index contributed by atoms with van der Waals surface area (Å²) in [5, 5.41) is 0. The van der Waals surface area contributed by atoms with Crippen molar-refractivity contribution in [3.8, 4) is 0 Å². The lowest BCUT2D eigenvalue weighted by atomic mass is 10.2. The van der Waals surface area contributed by atoms with Crippen molar-refractivity contribution in [2.24, 2.45) is 4.99 Å². The van der Waals surface area contributed by atoms with E-state index in [2.05, 4.69) is 4.99 Å². The van der Waals surface area contributed by atoms with Gasteiger partial charge in [-0.1, -0.05) is 6.92 Å². The molecule has 1 amide bonds. The summed E-state index contributed by atoms with van der Waals surface area (Å²) in [6.45, 7) is 1.78. The minimum atomic E-state index is -0.744. The fourth-order valence-electron chi connectivity index (χ4n) is 0.634. The number of carbonyl (C=O) groups excluding carboxylic acids is 1. The molecule has 0 saturated heterocycles. The van der Waals surface area contributed by atoms with E-state index in [-0.39, 0.29) is 0 Å². The summed E-state index contributed by atoms with van der Waals surface area (Å²) in [7, 11) is 0. The Kier molecular flexibility index (Phi) is 1.42. The topological polar surface area (TPSA) is 29.4 Å². The van der Waals surface area contributed by atoms with E-state index < -0.39 is 11.7 Å². The lowest BCUT2D eigenvalue weighted by Gasteiger charge is -1.86. The fraction of sp³-hybridized carbons (Fsp3) is 0.333. The molecular weight excluding hydrogens is 121 g/mol. The van der Waals surface area contributed by atoms with Crippen LogP contribution < -0.4 is 0 Å². The molecule has 1 aliphatic rings. The second-order valence-corrected chi connectivity index (χ2v) is 1.76. The van der Waals surface area contributed by atoms with Crippen LogP contribution in [0.25, 0.3) is 0 Å². The number of nitrogens with zero attached hydrogens (tertiary/aromatic N) is 1. The smallest absolute Gasteiger partial charge is 0.264 e. The highest BCUT2D eigenvalue weighted by Gasteiger charge is 2.16. The van der Waals surface area contributed by atoms with Gasteiger partial charge in [0.1, 0.15) is 0 Å². The zero-order valence-electron chi connectivity index (χ0n) is 5.02. The Hall–Kier alpha value is -0.990. The van der Waals surface area contributed by atoms with Gasteiger partial charge < -0.3 is 0 Å². The van der Waals surface area contributed by atoms with Crippen LogP contribution in [0.15, 0.2) is 16.4 Å². The minimum Gasteiger partial charge on any atom is -0.264 e. The molecule has 0 fully saturated rings. The Bertz CT molecular complexity index is 205. The molecule has 1 rings (SSSR count). The van der Waals surface area contributed by atoms with Gasteiger partial charge in [-0.2, -0.15) is 0 Å². The predicted octanol–water partition coefficient (Wildman–Crippen LogP) is 1.23. The third-order valence-corrected chi connectivity index (χ3v) is 1.19. The molecule has 1 heterocycles. The van der Waals surface area contributed by atoms with Crippen LogP contribution in [0.1, 0.15) is 13.3 Å². The molecule has 0 spiro atoms. The molecule has 0 aliphatic carbocycles. The predicted molar refractivity (Wildman–Crippen MR) is 31.9 cm³/mol. The van der Waals surface area contributed by atoms with E-state index in [0.29, 0.717) is 12.0 Å². The summed E-state index contributed by atoms with van der Waals surface area (Å²) in [6, 6.07) is 0. The number of halogens is 1. The molecule has 1 aliphatic heterocycles. The lowest BCUT2D eigenvalue weighted by Crippen LogP contribution is -1.88. The van der Waals surface area contributed by atoms with Gasteiger partial charge in [0.05, 0.1) is 0 Å². The Morgan fingerprint density at radius 2 is 2.44 bits per heavy atom. The van der Waals surface area contributed by atoms with Crippen LogP contribution in [0.5, 0.6) is 0 Å². The molecule has 9 heavy (non-hydrogen) atoms. The van der Waals surface area contributed by atoms with Gasteiger partial charge in [-0.05, 0) is 6.42 Å². The summed E-state index contributed by atoms with van der Waals surface area (Å²) in [5.74, 6) is -1.44. The van der Waals surface area contributed by atoms with E-state index in [1.807, 2.05) is 0 Å². The van der Waals surface area contributed by atoms with Gasteiger partial charge in [-0.15, -0.1) is 0 Å². The SMILES string of the molecule is CCC1=C(F)C(=O)N=C1. The molecule has 0 N–H and O–H groups in total. The maximum absolute atomic E-state index is 12.4. The largest absolute Gasteiger partial charge is 0.306 e. The Morgan fingerprint density at radius 1 is 1.78 bits per heavy atom. The monoisotopic (exact) mass is 127 g/mol. The number of amides is 1. The van der Waals surface area contributed by atoms with Crippen molar-refractivity contribution in [1.29, 1.82) is 0 Å². The van der Waals surface area contributed by atoms with Crippen molar-refractivity contribution in [2.75, 3.05) is 0 Å². The van der Waals surface area contributed by atoms with E-state index in [9.17, 15) is 9.18 Å². The first kappa shape index (κ1) is 6.13. The second-order valence-electron chi connectivity index (χ2n) is 1.76. The summed E-state index contributed by atoms with van der Waals surface area (Å²) in [6.07, 6.45) is 1.80. The maximum Gasteiger partial charge on any atom is 0.306 e. The molecule has 0 unspecified atom stereocenters. The number of hydrogen-bond donors (Lipinski definition) is 0. The molecule has 0 saturated carbocycles. The molecule has 0 bridgehead atoms. The van der Waals surface area contributed by atoms with Crippen molar-refractivity contribution < 1.29 is 9.18 Å². The Balaban J connectivity index is 2.92. The van der Waals surface area contributed by atoms with Gasteiger partial charge in [-0.3, -0.25) is 4.79 Å². The van der Waals surface area contributed by atoms with Crippen LogP contribution in [0, 0.1) is 0 Å². The molecule has 0 aromatic rings. The van der Waals surface area contributed by atoms with Crippen LogP contribution in [-0.2, 0) is 4.79 Å². The summed E-state index contributed by atoms with van der Waals surface area (Å²) in [5.41, 5.74) is 0.403. The molecule has 0 aromatic heterocycles. The van der Waals surface area contributed by atoms with Crippen LogP contribution in [0.3, 0.4) is 0 Å². The summed E-state index contributed by atoms with van der Waals surface area (Å²) in [4.78, 5) is 13.6. The molecule has 0 aromatic carbocycles. The van der Waals surface area contributed by atoms with Gasteiger partial charge in [0.25, 0.3) is 0 Å². The zero-order chi connectivity index (χ0) is 6.85. The third kappa shape index (κ3) is 0.896. The van der Waals surface area contributed by atoms with Crippen molar-refractivity contribution >= 4 is 12.1 Å². The van der Waals surface area contributed by atoms with Crippen molar-refractivity contribution in [2.45, 2.75) is 13.3 Å². The highest BCUT2D eigenvalue weighted by atomic mass is 19.1. The average molecular weight is 127 g/mol. The number of hydrogen-bond acceptors (Lipinski definition) is 1. The van der Waals surface area contributed by atoms with E-state index >= 15 is 0 Å². The van der Waals surface area contributed by atoms with Crippen LogP contribution in [0.2, 0.25) is 0 Å². The van der Waals surface area contributed by atoms with Crippen LogP contribution >= 0.6 is 0 Å². The highest BCUT2D eigenvalue weighted by molar-refractivity contribution is 6.09. The van der Waals surface area contributed by atoms with Gasteiger partial charge in [0, 0.05) is 11.8 Å². The summed E-state index contributed by atoms with van der Waals surface area (Å²) >= 11 is 0.